The van der Waals surface area contributed by atoms with E-state index in [2.05, 4.69) is 20.0 Å². The van der Waals surface area contributed by atoms with Crippen LogP contribution in [0.25, 0.3) is 0 Å². The van der Waals surface area contributed by atoms with E-state index >= 15 is 0 Å². The van der Waals surface area contributed by atoms with E-state index in [4.69, 9.17) is 11.6 Å². The van der Waals surface area contributed by atoms with Crippen LogP contribution in [0, 0.1) is 11.6 Å². The molecule has 0 aliphatic carbocycles. The summed E-state index contributed by atoms with van der Waals surface area (Å²) in [6.07, 6.45) is 1.36. The molecule has 0 amide bonds. The van der Waals surface area contributed by atoms with E-state index < -0.39 is 33.0 Å². The van der Waals surface area contributed by atoms with Crippen LogP contribution in [0.2, 0.25) is 5.02 Å². The highest BCUT2D eigenvalue weighted by atomic mass is 35.5. The van der Waals surface area contributed by atoms with Gasteiger partial charge in [0.2, 0.25) is 5.96 Å². The zero-order valence-electron chi connectivity index (χ0n) is 15.6. The molecule has 1 aliphatic rings. The molecule has 4 rings (SSSR count). The first-order valence-electron chi connectivity index (χ1n) is 8.83. The van der Waals surface area contributed by atoms with Crippen molar-refractivity contribution in [2.75, 3.05) is 5.32 Å². The largest absolute Gasteiger partial charge is 0.324 e. The molecule has 158 valence electrons. The van der Waals surface area contributed by atoms with Crippen LogP contribution in [0.3, 0.4) is 0 Å². The summed E-state index contributed by atoms with van der Waals surface area (Å²) in [7, 11) is -4.18. The van der Waals surface area contributed by atoms with Crippen LogP contribution in [0.4, 0.5) is 14.5 Å². The number of aliphatic imine (C=N–C) groups is 1. The number of anilines is 1. The van der Waals surface area contributed by atoms with Crippen LogP contribution < -0.4 is 10.0 Å². The molecule has 3 aromatic rings. The number of hydrogen-bond donors (Lipinski definition) is 2. The maximum atomic E-state index is 14.7. The molecule has 0 atom stereocenters. The lowest BCUT2D eigenvalue weighted by Crippen LogP contribution is -2.41. The van der Waals surface area contributed by atoms with E-state index in [0.717, 1.165) is 12.1 Å². The van der Waals surface area contributed by atoms with Gasteiger partial charge in [-0.25, -0.2) is 26.9 Å². The molecule has 0 unspecified atom stereocenters. The van der Waals surface area contributed by atoms with Gasteiger partial charge in [-0.15, -0.1) is 0 Å². The predicted molar refractivity (Wildman–Crippen MR) is 111 cm³/mol. The van der Waals surface area contributed by atoms with Gasteiger partial charge in [0, 0.05) is 11.8 Å². The maximum absolute atomic E-state index is 14.7. The lowest BCUT2D eigenvalue weighted by atomic mass is 10.0. The SMILES string of the molecule is O=C(c1ccccc1Cl)c1c(F)ccc2c1NC(=NCc1ncccc1F)NS2(=O)=O. The van der Waals surface area contributed by atoms with Crippen molar-refractivity contribution in [2.24, 2.45) is 4.99 Å². The molecule has 31 heavy (non-hydrogen) atoms. The number of rotatable bonds is 4. The molecule has 0 saturated carbocycles. The number of carbonyl (C=O) groups is 1. The fourth-order valence-corrected chi connectivity index (χ4v) is 4.37. The number of halogens is 3. The van der Waals surface area contributed by atoms with E-state index in [9.17, 15) is 22.0 Å². The lowest BCUT2D eigenvalue weighted by molar-refractivity contribution is 0.103. The van der Waals surface area contributed by atoms with Gasteiger partial charge < -0.3 is 5.32 Å². The summed E-state index contributed by atoms with van der Waals surface area (Å²) in [5.41, 5.74) is -0.812. The fraction of sp³-hybridized carbons (Fsp3) is 0.0500. The Labute approximate surface area is 180 Å². The number of nitrogens with zero attached hydrogens (tertiary/aromatic N) is 2. The second kappa shape index (κ2) is 8.05. The van der Waals surface area contributed by atoms with E-state index in [1.165, 1.54) is 30.5 Å². The van der Waals surface area contributed by atoms with Crippen LogP contribution >= 0.6 is 11.6 Å². The Balaban J connectivity index is 1.79. The first-order chi connectivity index (χ1) is 14.8. The maximum Gasteiger partial charge on any atom is 0.266 e. The first-order valence-corrected chi connectivity index (χ1v) is 10.7. The fourth-order valence-electron chi connectivity index (χ4n) is 2.99. The summed E-state index contributed by atoms with van der Waals surface area (Å²) >= 11 is 6.06. The zero-order chi connectivity index (χ0) is 22.2. The second-order valence-corrected chi connectivity index (χ2v) is 8.49. The van der Waals surface area contributed by atoms with Crippen molar-refractivity contribution in [3.8, 4) is 0 Å². The summed E-state index contributed by atoms with van der Waals surface area (Å²) in [4.78, 5) is 20.5. The number of hydrogen-bond acceptors (Lipinski definition) is 5. The molecule has 7 nitrogen and oxygen atoms in total. The molecule has 1 aliphatic heterocycles. The van der Waals surface area contributed by atoms with Crippen molar-refractivity contribution in [3.63, 3.8) is 0 Å². The Hall–Kier alpha value is -3.37. The van der Waals surface area contributed by atoms with Crippen molar-refractivity contribution in [1.29, 1.82) is 0 Å². The van der Waals surface area contributed by atoms with Gasteiger partial charge in [0.25, 0.3) is 10.0 Å². The smallest absolute Gasteiger partial charge is 0.266 e. The Bertz CT molecular complexity index is 1350. The van der Waals surface area contributed by atoms with Crippen molar-refractivity contribution in [2.45, 2.75) is 11.4 Å². The number of pyridine rings is 1. The predicted octanol–water partition coefficient (Wildman–Crippen LogP) is 3.50. The van der Waals surface area contributed by atoms with Gasteiger partial charge in [-0.05, 0) is 36.4 Å². The Morgan fingerprint density at radius 3 is 2.58 bits per heavy atom. The third kappa shape index (κ3) is 3.99. The highest BCUT2D eigenvalue weighted by molar-refractivity contribution is 7.90. The minimum Gasteiger partial charge on any atom is -0.324 e. The van der Waals surface area contributed by atoms with Crippen molar-refractivity contribution < 1.29 is 22.0 Å². The van der Waals surface area contributed by atoms with Crippen LogP contribution in [-0.4, -0.2) is 25.1 Å². The Kier molecular flexibility index (Phi) is 5.42. The molecule has 1 aromatic heterocycles. The van der Waals surface area contributed by atoms with Gasteiger partial charge in [0.05, 0.1) is 28.5 Å². The Morgan fingerprint density at radius 1 is 1.06 bits per heavy atom. The summed E-state index contributed by atoms with van der Waals surface area (Å²) in [6, 6.07) is 10.5. The standard InChI is InChI=1S/C20H13ClF2N4O3S/c21-12-5-2-1-4-11(12)19(28)17-14(23)7-8-16-18(17)26-20(27-31(16,29)30)25-10-15-13(22)6-3-9-24-15/h1-9H,10H2,(H2,25,26,27). The molecular formula is C20H13ClF2N4O3S. The minimum absolute atomic E-state index is 0.00300. The Morgan fingerprint density at radius 2 is 1.84 bits per heavy atom. The molecule has 2 N–H and O–H groups in total. The number of nitrogens with one attached hydrogen (secondary N) is 2. The highest BCUT2D eigenvalue weighted by Gasteiger charge is 2.33. The van der Waals surface area contributed by atoms with Crippen LogP contribution in [0.15, 0.2) is 64.6 Å². The van der Waals surface area contributed by atoms with Gasteiger partial charge in [-0.1, -0.05) is 23.7 Å². The van der Waals surface area contributed by atoms with Crippen molar-refractivity contribution in [1.82, 2.24) is 9.71 Å². The number of guanidine groups is 1. The lowest BCUT2D eigenvalue weighted by Gasteiger charge is -2.24. The van der Waals surface area contributed by atoms with E-state index in [1.54, 1.807) is 12.1 Å². The van der Waals surface area contributed by atoms with Gasteiger partial charge in [-0.3, -0.25) is 9.78 Å². The molecule has 0 bridgehead atoms. The van der Waals surface area contributed by atoms with Gasteiger partial charge in [0.15, 0.2) is 5.78 Å². The van der Waals surface area contributed by atoms with Crippen molar-refractivity contribution in [3.05, 3.63) is 88.2 Å². The van der Waals surface area contributed by atoms with Gasteiger partial charge in [-0.2, -0.15) is 0 Å². The van der Waals surface area contributed by atoms with E-state index in [-0.39, 0.29) is 39.4 Å². The number of aromatic nitrogens is 1. The third-order valence-corrected chi connectivity index (χ3v) is 6.16. The number of benzene rings is 2. The molecule has 0 saturated heterocycles. The molecule has 2 aromatic carbocycles. The normalized spacial score (nSPS) is 15.6. The minimum atomic E-state index is -4.18. The number of ketones is 1. The van der Waals surface area contributed by atoms with Crippen LogP contribution in [0.5, 0.6) is 0 Å². The summed E-state index contributed by atoms with van der Waals surface area (Å²) in [5, 5.41) is 2.71. The van der Waals surface area contributed by atoms with E-state index in [1.807, 2.05) is 0 Å². The molecule has 0 radical (unpaired) electrons. The second-order valence-electron chi connectivity index (χ2n) is 6.43. The van der Waals surface area contributed by atoms with Gasteiger partial charge in [0.1, 0.15) is 16.5 Å². The van der Waals surface area contributed by atoms with Crippen LogP contribution in [0.1, 0.15) is 21.6 Å². The number of fused-ring (bicyclic) bond motifs is 1. The molecule has 2 heterocycles. The molecular weight excluding hydrogens is 450 g/mol. The average molecular weight is 463 g/mol. The molecule has 11 heteroatoms. The summed E-state index contributed by atoms with van der Waals surface area (Å²) in [6.45, 7) is -0.296. The topological polar surface area (TPSA) is 101 Å². The highest BCUT2D eigenvalue weighted by Crippen LogP contribution is 2.33. The number of carbonyl (C=O) groups excluding carboxylic acids is 1. The molecule has 0 spiro atoms. The average Bonchev–Trinajstić information content (AvgIpc) is 2.72. The third-order valence-electron chi connectivity index (χ3n) is 4.45. The van der Waals surface area contributed by atoms with Gasteiger partial charge >= 0.3 is 0 Å². The summed E-state index contributed by atoms with van der Waals surface area (Å²) < 4.78 is 56.0. The monoisotopic (exact) mass is 462 g/mol. The van der Waals surface area contributed by atoms with Crippen molar-refractivity contribution >= 4 is 39.1 Å². The summed E-state index contributed by atoms with van der Waals surface area (Å²) in [5.74, 6) is -2.68. The molecule has 0 fully saturated rings. The van der Waals surface area contributed by atoms with E-state index in [0.29, 0.717) is 0 Å². The quantitative estimate of drug-likeness (QED) is 0.578. The zero-order valence-corrected chi connectivity index (χ0v) is 17.1. The first kappa shape index (κ1) is 20.9. The van der Waals surface area contributed by atoms with Crippen LogP contribution in [-0.2, 0) is 16.6 Å². The number of sulfonamides is 1.